The summed E-state index contributed by atoms with van der Waals surface area (Å²) in [7, 11) is 0.443. The third-order valence-corrected chi connectivity index (χ3v) is 75.4. The Balaban J connectivity index is 1.16. The summed E-state index contributed by atoms with van der Waals surface area (Å²) in [6.07, 6.45) is 0.123. The van der Waals surface area contributed by atoms with Crippen molar-refractivity contribution < 1.29 is 15.3 Å². The molecule has 174 valence electrons. The van der Waals surface area contributed by atoms with E-state index >= 15 is 4.39 Å². The normalized spacial score (nSPS) is 71.8. The molecule has 2 aromatic carbocycles. The Morgan fingerprint density at radius 3 is 1.85 bits per heavy atom. The van der Waals surface area contributed by atoms with E-state index < -0.39 is 19.4 Å². The predicted molar refractivity (Wildman–Crippen MR) is 132 cm³/mol. The molecule has 10 saturated heterocycles. The number of fused-ring (bicyclic) bond motifs is 10. The number of rotatable bonds is 9. The Morgan fingerprint density at radius 2 is 1.42 bits per heavy atom. The van der Waals surface area contributed by atoms with E-state index in [2.05, 4.69) is 67.6 Å². The summed E-state index contributed by atoms with van der Waals surface area (Å²) in [4.78, 5) is 9.51. The zero-order valence-corrected chi connectivity index (χ0v) is 21.7. The quantitative estimate of drug-likeness (QED) is 0.237. The van der Waals surface area contributed by atoms with Gasteiger partial charge < -0.3 is 0 Å². The van der Waals surface area contributed by atoms with Crippen LogP contribution in [0.2, 0.25) is 38.5 Å². The number of halogens is 2. The van der Waals surface area contributed by atoms with Crippen molar-refractivity contribution in [1.82, 2.24) is 0 Å². The van der Waals surface area contributed by atoms with Crippen LogP contribution in [-0.2, 0) is 6.51 Å². The van der Waals surface area contributed by atoms with Crippen LogP contribution in [0, 0.1) is 0 Å². The number of hydrogen-bond donors (Lipinski definition) is 0. The van der Waals surface area contributed by atoms with Gasteiger partial charge in [-0.25, -0.2) is 0 Å². The first kappa shape index (κ1) is 17.2. The third-order valence-electron chi connectivity index (χ3n) is 18.8. The molecule has 0 amide bonds. The fourth-order valence-corrected chi connectivity index (χ4v) is 123. The van der Waals surface area contributed by atoms with Crippen LogP contribution in [0.25, 0.3) is 0 Å². The second kappa shape index (κ2) is 2.48. The predicted octanol–water partition coefficient (Wildman–Crippen LogP) is 7.48. The third kappa shape index (κ3) is 0.381. The molecule has 10 aliphatic heterocycles. The van der Waals surface area contributed by atoms with Gasteiger partial charge in [-0.2, -0.15) is 0 Å². The molecule has 0 saturated carbocycles. The van der Waals surface area contributed by atoms with Crippen LogP contribution in [0.3, 0.4) is 0 Å². The molecule has 0 aliphatic carbocycles. The summed E-state index contributed by atoms with van der Waals surface area (Å²) in [5.41, 5.74) is 0.126. The number of benzene rings is 2. The zero-order chi connectivity index (χ0) is 21.7. The molecular formula is C28H30F2FeP2. The number of alkyl halides is 2. The van der Waals surface area contributed by atoms with Crippen LogP contribution in [0.5, 0.6) is 0 Å². The van der Waals surface area contributed by atoms with Crippen LogP contribution >= 0.6 is 16.5 Å². The van der Waals surface area contributed by atoms with Crippen molar-refractivity contribution in [3.8, 4) is 0 Å². The fraction of sp³-hybridized carbons (Fsp3) is 0.571. The second-order valence-corrected chi connectivity index (χ2v) is 43.2. The van der Waals surface area contributed by atoms with Crippen molar-refractivity contribution in [2.24, 2.45) is 0 Å². The molecule has 33 heavy (non-hydrogen) atoms. The maximum absolute atomic E-state index is 15.4. The topological polar surface area (TPSA) is 0 Å². The van der Waals surface area contributed by atoms with Crippen LogP contribution in [0.15, 0.2) is 60.7 Å². The van der Waals surface area contributed by atoms with Crippen LogP contribution in [0.4, 0.5) is 8.78 Å². The molecule has 10 fully saturated rings. The molecule has 8 atom stereocenters. The monoisotopic (exact) mass is 522 g/mol. The van der Waals surface area contributed by atoms with Gasteiger partial charge >= 0.3 is 188 Å². The molecule has 0 radical (unpaired) electrons. The van der Waals surface area contributed by atoms with E-state index in [-0.39, 0.29) is 20.0 Å². The van der Waals surface area contributed by atoms with Crippen molar-refractivity contribution in [1.29, 1.82) is 0 Å². The van der Waals surface area contributed by atoms with E-state index in [0.29, 0.717) is 8.11 Å². The number of hydrogen-bond acceptors (Lipinski definition) is 0. The minimum atomic E-state index is -3.74. The summed E-state index contributed by atoms with van der Waals surface area (Å²) in [6.45, 7) is -2.05. The SMILES string of the molecule is CCC(P[C@@]12[CH]3[CH]4[CH]5[C]1(P(c1ccccc1)c1ccccc1)[Fe]45321678[CH]2[CH]1[CH]6[CH]7[CH]28)C(F)CCF. The van der Waals surface area contributed by atoms with Crippen molar-refractivity contribution in [2.75, 3.05) is 6.67 Å². The van der Waals surface area contributed by atoms with Gasteiger partial charge in [0.25, 0.3) is 0 Å². The zero-order valence-electron chi connectivity index (χ0n) is 18.7. The molecule has 0 bridgehead atoms. The Hall–Kier alpha value is -0.321. The van der Waals surface area contributed by atoms with E-state index in [1.807, 2.05) is 0 Å². The molecule has 7 unspecified atom stereocenters. The van der Waals surface area contributed by atoms with Crippen molar-refractivity contribution in [3.63, 3.8) is 0 Å². The Labute approximate surface area is 187 Å². The maximum atomic E-state index is 15.4. The molecule has 1 spiro atoms. The van der Waals surface area contributed by atoms with E-state index in [4.69, 9.17) is 0 Å². The molecule has 5 heteroatoms. The first-order valence-corrected chi connectivity index (χ1v) is 21.6. The van der Waals surface area contributed by atoms with Gasteiger partial charge in [-0.15, -0.1) is 0 Å². The standard InChI is InChI=1S/C23H25F2P2.C5H5.Fe/c1-2-21(20(25)16-17-24)26-22-14-9-15-23(22)27(18-10-5-3-6-11-18)19-12-7-4-8-13-19;1-2-4-5-3-1;/h3-15,20-21,26H,2,16-17H2,1H3;1-5H;. The van der Waals surface area contributed by atoms with Crippen molar-refractivity contribution >= 4 is 27.1 Å². The van der Waals surface area contributed by atoms with Gasteiger partial charge in [0.05, 0.1) is 0 Å². The first-order chi connectivity index (χ1) is 15.9. The van der Waals surface area contributed by atoms with Crippen LogP contribution in [0.1, 0.15) is 19.8 Å². The van der Waals surface area contributed by atoms with Crippen molar-refractivity contribution in [2.45, 2.75) is 78.2 Å². The first-order valence-electron chi connectivity index (χ1n) is 13.0. The van der Waals surface area contributed by atoms with Gasteiger partial charge in [0.1, 0.15) is 0 Å². The molecule has 12 rings (SSSR count). The Morgan fingerprint density at radius 1 is 0.879 bits per heavy atom. The summed E-state index contributed by atoms with van der Waals surface area (Å²) in [6, 6.07) is 23.2. The molecular weight excluding hydrogens is 492 g/mol. The van der Waals surface area contributed by atoms with Crippen LogP contribution in [-0.4, -0.2) is 26.6 Å². The second-order valence-electron chi connectivity index (χ2n) is 14.9. The van der Waals surface area contributed by atoms with Gasteiger partial charge in [0.15, 0.2) is 0 Å². The average molecular weight is 522 g/mol. The summed E-state index contributed by atoms with van der Waals surface area (Å²) < 4.78 is 29.8. The summed E-state index contributed by atoms with van der Waals surface area (Å²) in [5, 5.41) is 3.23. The van der Waals surface area contributed by atoms with Crippen LogP contribution < -0.4 is 10.6 Å². The molecule has 0 aromatic heterocycles. The summed E-state index contributed by atoms with van der Waals surface area (Å²) in [5.74, 6) is 0. The van der Waals surface area contributed by atoms with E-state index in [1.54, 1.807) is 10.6 Å². The van der Waals surface area contributed by atoms with Gasteiger partial charge in [-0.05, 0) is 0 Å². The van der Waals surface area contributed by atoms with Gasteiger partial charge in [-0.3, -0.25) is 0 Å². The van der Waals surface area contributed by atoms with E-state index in [9.17, 15) is 4.39 Å². The molecule has 0 N–H and O–H groups in total. The Bertz CT molecular complexity index is 1620. The fourth-order valence-electron chi connectivity index (χ4n) is 20.1. The molecule has 0 nitrogen and oxygen atoms in total. The van der Waals surface area contributed by atoms with Gasteiger partial charge in [-0.1, -0.05) is 0 Å². The molecule has 10 heterocycles. The van der Waals surface area contributed by atoms with Gasteiger partial charge in [0, 0.05) is 0 Å². The van der Waals surface area contributed by atoms with E-state index in [1.165, 1.54) is 28.9 Å². The Kier molecular flexibility index (Phi) is 1.29. The molecule has 10 aliphatic rings. The minimum absolute atomic E-state index is 0.126. The van der Waals surface area contributed by atoms with Gasteiger partial charge in [0.2, 0.25) is 0 Å². The van der Waals surface area contributed by atoms with Crippen molar-refractivity contribution in [3.05, 3.63) is 60.7 Å². The van der Waals surface area contributed by atoms with E-state index in [0.717, 1.165) is 24.6 Å². The average Bonchev–Trinajstić information content (AvgIpc) is 3.80. The summed E-state index contributed by atoms with van der Waals surface area (Å²) >= 11 is 0. The molecule has 2 aromatic rings.